The lowest BCUT2D eigenvalue weighted by Gasteiger charge is -2.16. The van der Waals surface area contributed by atoms with Crippen LogP contribution < -0.4 is 0 Å². The molecule has 0 aromatic rings. The molecule has 0 amide bonds. The molecule has 6 heteroatoms. The molecule has 0 radical (unpaired) electrons. The van der Waals surface area contributed by atoms with Crippen molar-refractivity contribution in [3.63, 3.8) is 0 Å². The first-order chi connectivity index (χ1) is 8.77. The summed E-state index contributed by atoms with van der Waals surface area (Å²) in [5.41, 5.74) is 0. The van der Waals surface area contributed by atoms with Gasteiger partial charge in [-0.15, -0.1) is 0 Å². The van der Waals surface area contributed by atoms with Gasteiger partial charge in [0.15, 0.2) is 6.29 Å². The van der Waals surface area contributed by atoms with Gasteiger partial charge >= 0.3 is 0 Å². The SMILES string of the molecule is CC.OC1COCOC1.OC1CO[C@H]2OCC[C@@H]12. The van der Waals surface area contributed by atoms with E-state index in [0.717, 1.165) is 13.0 Å². The maximum absolute atomic E-state index is 9.19. The van der Waals surface area contributed by atoms with Crippen LogP contribution in [-0.2, 0) is 18.9 Å². The van der Waals surface area contributed by atoms with Gasteiger partial charge in [0.05, 0.1) is 32.5 Å². The molecule has 0 bridgehead atoms. The third-order valence-electron chi connectivity index (χ3n) is 2.80. The summed E-state index contributed by atoms with van der Waals surface area (Å²) in [5.74, 6) is 0.255. The molecule has 0 aromatic carbocycles. The van der Waals surface area contributed by atoms with Crippen LogP contribution in [0.5, 0.6) is 0 Å². The van der Waals surface area contributed by atoms with Crippen molar-refractivity contribution in [2.45, 2.75) is 38.8 Å². The van der Waals surface area contributed by atoms with Crippen LogP contribution in [0.4, 0.5) is 0 Å². The van der Waals surface area contributed by atoms with Gasteiger partial charge in [0.25, 0.3) is 0 Å². The first-order valence-electron chi connectivity index (χ1n) is 6.52. The lowest BCUT2D eigenvalue weighted by atomic mass is 10.0. The number of fused-ring (bicyclic) bond motifs is 1. The Morgan fingerprint density at radius 2 is 1.61 bits per heavy atom. The summed E-state index contributed by atoms with van der Waals surface area (Å²) in [4.78, 5) is 0. The Morgan fingerprint density at radius 3 is 2.11 bits per heavy atom. The summed E-state index contributed by atoms with van der Waals surface area (Å²) in [7, 11) is 0. The van der Waals surface area contributed by atoms with Gasteiger partial charge in [-0.25, -0.2) is 0 Å². The van der Waals surface area contributed by atoms with Crippen LogP contribution in [0.15, 0.2) is 0 Å². The molecule has 0 saturated carbocycles. The van der Waals surface area contributed by atoms with E-state index in [2.05, 4.69) is 0 Å². The molecule has 3 fully saturated rings. The van der Waals surface area contributed by atoms with Crippen molar-refractivity contribution in [3.8, 4) is 0 Å². The second-order valence-electron chi connectivity index (χ2n) is 4.11. The van der Waals surface area contributed by atoms with E-state index in [9.17, 15) is 5.11 Å². The van der Waals surface area contributed by atoms with E-state index in [1.54, 1.807) is 0 Å². The largest absolute Gasteiger partial charge is 0.390 e. The Hall–Kier alpha value is -0.240. The highest BCUT2D eigenvalue weighted by atomic mass is 16.7. The average molecular weight is 264 g/mol. The van der Waals surface area contributed by atoms with Crippen LogP contribution in [0.1, 0.15) is 20.3 Å². The van der Waals surface area contributed by atoms with Crippen molar-refractivity contribution in [1.82, 2.24) is 0 Å². The van der Waals surface area contributed by atoms with E-state index in [0.29, 0.717) is 26.6 Å². The molecule has 3 saturated heterocycles. The maximum Gasteiger partial charge on any atom is 0.163 e. The zero-order chi connectivity index (χ0) is 13.4. The molecule has 6 nitrogen and oxygen atoms in total. The lowest BCUT2D eigenvalue weighted by Crippen LogP contribution is -2.28. The van der Waals surface area contributed by atoms with Gasteiger partial charge in [-0.2, -0.15) is 0 Å². The predicted molar refractivity (Wildman–Crippen MR) is 63.9 cm³/mol. The molecular weight excluding hydrogens is 240 g/mol. The van der Waals surface area contributed by atoms with E-state index in [1.165, 1.54) is 0 Å². The van der Waals surface area contributed by atoms with E-state index < -0.39 is 6.10 Å². The fourth-order valence-corrected chi connectivity index (χ4v) is 1.92. The molecule has 1 unspecified atom stereocenters. The highest BCUT2D eigenvalue weighted by molar-refractivity contribution is 4.81. The topological polar surface area (TPSA) is 77.4 Å². The van der Waals surface area contributed by atoms with Crippen LogP contribution in [0.25, 0.3) is 0 Å². The molecule has 3 atom stereocenters. The van der Waals surface area contributed by atoms with Crippen molar-refractivity contribution in [2.24, 2.45) is 5.92 Å². The summed E-state index contributed by atoms with van der Waals surface area (Å²) in [5, 5.41) is 17.9. The molecule has 2 N–H and O–H groups in total. The van der Waals surface area contributed by atoms with Gasteiger partial charge in [0.2, 0.25) is 0 Å². The van der Waals surface area contributed by atoms with Crippen LogP contribution in [0.2, 0.25) is 0 Å². The quantitative estimate of drug-likeness (QED) is 0.647. The van der Waals surface area contributed by atoms with Crippen molar-refractivity contribution >= 4 is 0 Å². The smallest absolute Gasteiger partial charge is 0.163 e. The Labute approximate surface area is 108 Å². The number of hydrogen-bond acceptors (Lipinski definition) is 6. The van der Waals surface area contributed by atoms with E-state index in [-0.39, 0.29) is 18.3 Å². The zero-order valence-corrected chi connectivity index (χ0v) is 11.1. The van der Waals surface area contributed by atoms with E-state index >= 15 is 0 Å². The van der Waals surface area contributed by atoms with Crippen molar-refractivity contribution in [2.75, 3.05) is 33.2 Å². The minimum absolute atomic E-state index is 0.0972. The summed E-state index contributed by atoms with van der Waals surface area (Å²) in [6.45, 7) is 6.36. The van der Waals surface area contributed by atoms with Crippen molar-refractivity contribution in [3.05, 3.63) is 0 Å². The van der Waals surface area contributed by atoms with Crippen LogP contribution in [0, 0.1) is 5.92 Å². The second kappa shape index (κ2) is 8.79. The monoisotopic (exact) mass is 264 g/mol. The molecule has 0 aliphatic carbocycles. The molecule has 0 spiro atoms. The molecular formula is C12H24O6. The van der Waals surface area contributed by atoms with Gasteiger partial charge in [-0.3, -0.25) is 0 Å². The minimum Gasteiger partial charge on any atom is -0.390 e. The Kier molecular flexibility index (Phi) is 7.73. The number of rotatable bonds is 0. The summed E-state index contributed by atoms with van der Waals surface area (Å²) in [6, 6.07) is 0. The molecule has 3 heterocycles. The third-order valence-corrected chi connectivity index (χ3v) is 2.80. The van der Waals surface area contributed by atoms with Crippen LogP contribution in [0.3, 0.4) is 0 Å². The molecule has 3 aliphatic rings. The summed E-state index contributed by atoms with van der Waals surface area (Å²) < 4.78 is 19.7. The highest BCUT2D eigenvalue weighted by Crippen LogP contribution is 2.30. The predicted octanol–water partition coefficient (Wildman–Crippen LogP) is 0.118. The van der Waals surface area contributed by atoms with Crippen molar-refractivity contribution < 1.29 is 29.2 Å². The fourth-order valence-electron chi connectivity index (χ4n) is 1.92. The number of aliphatic hydroxyl groups excluding tert-OH is 2. The molecule has 18 heavy (non-hydrogen) atoms. The number of aliphatic hydroxyl groups is 2. The normalized spacial score (nSPS) is 35.0. The first-order valence-corrected chi connectivity index (χ1v) is 6.52. The van der Waals surface area contributed by atoms with Crippen LogP contribution >= 0.6 is 0 Å². The first kappa shape index (κ1) is 15.8. The third kappa shape index (κ3) is 4.79. The molecule has 108 valence electrons. The molecule has 0 aromatic heterocycles. The van der Waals surface area contributed by atoms with Gasteiger partial charge in [0, 0.05) is 5.92 Å². The van der Waals surface area contributed by atoms with Gasteiger partial charge in [-0.05, 0) is 6.42 Å². The Balaban J connectivity index is 0.000000163. The van der Waals surface area contributed by atoms with E-state index in [4.69, 9.17) is 24.1 Å². The Morgan fingerprint density at radius 1 is 0.944 bits per heavy atom. The van der Waals surface area contributed by atoms with Gasteiger partial charge in [0.1, 0.15) is 12.9 Å². The summed E-state index contributed by atoms with van der Waals surface area (Å²) >= 11 is 0. The van der Waals surface area contributed by atoms with Gasteiger partial charge in [-0.1, -0.05) is 13.8 Å². The highest BCUT2D eigenvalue weighted by Gasteiger charge is 2.40. The molecule has 3 rings (SSSR count). The number of hydrogen-bond donors (Lipinski definition) is 2. The van der Waals surface area contributed by atoms with Crippen molar-refractivity contribution in [1.29, 1.82) is 0 Å². The lowest BCUT2D eigenvalue weighted by molar-refractivity contribution is -0.150. The van der Waals surface area contributed by atoms with Gasteiger partial charge < -0.3 is 29.2 Å². The second-order valence-corrected chi connectivity index (χ2v) is 4.11. The summed E-state index contributed by atoms with van der Waals surface area (Å²) in [6.07, 6.45) is 0.164. The Bertz CT molecular complexity index is 207. The zero-order valence-electron chi connectivity index (χ0n) is 11.1. The fraction of sp³-hybridized carbons (Fsp3) is 1.00. The minimum atomic E-state index is -0.409. The average Bonchev–Trinajstić information content (AvgIpc) is 3.00. The van der Waals surface area contributed by atoms with Crippen LogP contribution in [-0.4, -0.2) is 61.9 Å². The molecule has 3 aliphatic heterocycles. The number of ether oxygens (including phenoxy) is 4. The van der Waals surface area contributed by atoms with E-state index in [1.807, 2.05) is 13.8 Å². The standard InChI is InChI=1S/C6H10O3.C4H8O3.C2H6/c7-5-3-9-6-4(5)1-2-8-6;5-4-1-6-3-7-2-4;1-2/h4-7H,1-3H2;4-5H,1-3H2;1-2H3/t4-,5?,6+;;/m0../s1. The maximum atomic E-state index is 9.19.